The Balaban J connectivity index is 2.45. The monoisotopic (exact) mass is 274 g/mol. The van der Waals surface area contributed by atoms with Crippen molar-refractivity contribution in [3.8, 4) is 0 Å². The van der Waals surface area contributed by atoms with Crippen LogP contribution in [0.2, 0.25) is 0 Å². The van der Waals surface area contributed by atoms with Crippen molar-refractivity contribution in [2.45, 2.75) is 56.7 Å². The van der Waals surface area contributed by atoms with Gasteiger partial charge < -0.3 is 24.8 Å². The standard InChI is InChI=1S/C14H26O5/c1-4-9(2)14(18-3)11(16)7-10-5-6-13(19-10)12(17)8-15/h4,9-17H,1,5-8H2,2-3H3/t9?,10-,11?,12?,13+,14?/m1/s1. The number of hydrogen-bond acceptors (Lipinski definition) is 5. The quantitative estimate of drug-likeness (QED) is 0.561. The molecule has 1 aliphatic rings. The summed E-state index contributed by atoms with van der Waals surface area (Å²) in [5.41, 5.74) is 0. The fourth-order valence-electron chi connectivity index (χ4n) is 2.57. The minimum atomic E-state index is -0.840. The van der Waals surface area contributed by atoms with Gasteiger partial charge in [-0.15, -0.1) is 6.58 Å². The van der Waals surface area contributed by atoms with Gasteiger partial charge in [-0.1, -0.05) is 13.0 Å². The Morgan fingerprint density at radius 3 is 2.63 bits per heavy atom. The van der Waals surface area contributed by atoms with Crippen LogP contribution in [0.25, 0.3) is 0 Å². The molecule has 1 aliphatic heterocycles. The number of ether oxygens (including phenoxy) is 2. The lowest BCUT2D eigenvalue weighted by Crippen LogP contribution is -2.36. The van der Waals surface area contributed by atoms with Crippen molar-refractivity contribution in [3.63, 3.8) is 0 Å². The zero-order valence-corrected chi connectivity index (χ0v) is 11.7. The normalized spacial score (nSPS) is 29.7. The highest BCUT2D eigenvalue weighted by Gasteiger charge is 2.34. The van der Waals surface area contributed by atoms with Gasteiger partial charge in [0.15, 0.2) is 0 Å². The first-order valence-corrected chi connectivity index (χ1v) is 6.81. The van der Waals surface area contributed by atoms with Gasteiger partial charge in [0, 0.05) is 19.4 Å². The summed E-state index contributed by atoms with van der Waals surface area (Å²) in [5, 5.41) is 28.6. The van der Waals surface area contributed by atoms with Crippen LogP contribution in [-0.2, 0) is 9.47 Å². The maximum absolute atomic E-state index is 10.2. The number of rotatable bonds is 8. The van der Waals surface area contributed by atoms with Gasteiger partial charge in [-0.3, -0.25) is 0 Å². The van der Waals surface area contributed by atoms with Crippen LogP contribution in [-0.4, -0.2) is 59.6 Å². The van der Waals surface area contributed by atoms with Gasteiger partial charge in [-0.25, -0.2) is 0 Å². The molecule has 0 spiro atoms. The highest BCUT2D eigenvalue weighted by Crippen LogP contribution is 2.27. The van der Waals surface area contributed by atoms with Crippen molar-refractivity contribution < 1.29 is 24.8 Å². The maximum Gasteiger partial charge on any atom is 0.103 e. The van der Waals surface area contributed by atoms with Crippen LogP contribution in [0.5, 0.6) is 0 Å². The molecule has 0 aromatic carbocycles. The van der Waals surface area contributed by atoms with Crippen LogP contribution >= 0.6 is 0 Å². The van der Waals surface area contributed by atoms with Crippen molar-refractivity contribution in [1.82, 2.24) is 0 Å². The van der Waals surface area contributed by atoms with Crippen molar-refractivity contribution in [2.24, 2.45) is 5.92 Å². The SMILES string of the molecule is C=CC(C)C(OC)C(O)C[C@H]1CC[C@@H](C(O)CO)O1. The average molecular weight is 274 g/mol. The molecule has 3 N–H and O–H groups in total. The molecular weight excluding hydrogens is 248 g/mol. The molecule has 0 radical (unpaired) electrons. The van der Waals surface area contributed by atoms with Gasteiger partial charge in [0.2, 0.25) is 0 Å². The Kier molecular flexibility index (Phi) is 6.96. The van der Waals surface area contributed by atoms with Gasteiger partial charge in [0.1, 0.15) is 6.10 Å². The fourth-order valence-corrected chi connectivity index (χ4v) is 2.57. The van der Waals surface area contributed by atoms with Crippen molar-refractivity contribution in [1.29, 1.82) is 0 Å². The third-order valence-electron chi connectivity index (χ3n) is 3.80. The van der Waals surface area contributed by atoms with E-state index < -0.39 is 12.2 Å². The molecule has 112 valence electrons. The minimum absolute atomic E-state index is 0.0558. The van der Waals surface area contributed by atoms with Gasteiger partial charge in [0.05, 0.1) is 31.0 Å². The van der Waals surface area contributed by atoms with E-state index in [1.165, 1.54) is 0 Å². The van der Waals surface area contributed by atoms with Crippen LogP contribution in [0.15, 0.2) is 12.7 Å². The zero-order valence-electron chi connectivity index (χ0n) is 11.7. The second-order valence-electron chi connectivity index (χ2n) is 5.22. The maximum atomic E-state index is 10.2. The molecule has 1 fully saturated rings. The van der Waals surface area contributed by atoms with Gasteiger partial charge >= 0.3 is 0 Å². The molecule has 0 amide bonds. The Bertz CT molecular complexity index is 271. The molecule has 0 saturated carbocycles. The smallest absolute Gasteiger partial charge is 0.103 e. The highest BCUT2D eigenvalue weighted by atomic mass is 16.5. The molecule has 1 rings (SSSR count). The Hall–Kier alpha value is -0.460. The Labute approximate surface area is 114 Å². The van der Waals surface area contributed by atoms with E-state index in [1.807, 2.05) is 6.92 Å². The van der Waals surface area contributed by atoms with Crippen molar-refractivity contribution in [2.75, 3.05) is 13.7 Å². The molecule has 5 heteroatoms. The first kappa shape index (κ1) is 16.6. The third-order valence-corrected chi connectivity index (χ3v) is 3.80. The summed E-state index contributed by atoms with van der Waals surface area (Å²) in [6.45, 7) is 5.35. The van der Waals surface area contributed by atoms with E-state index in [4.69, 9.17) is 14.6 Å². The van der Waals surface area contributed by atoms with Gasteiger partial charge in [0.25, 0.3) is 0 Å². The van der Waals surface area contributed by atoms with Crippen LogP contribution < -0.4 is 0 Å². The number of methoxy groups -OCH3 is 1. The summed E-state index contributed by atoms with van der Waals surface area (Å²) in [6, 6.07) is 0. The molecule has 1 saturated heterocycles. The topological polar surface area (TPSA) is 79.2 Å². The highest BCUT2D eigenvalue weighted by molar-refractivity contribution is 4.88. The number of hydrogen-bond donors (Lipinski definition) is 3. The predicted molar refractivity (Wildman–Crippen MR) is 71.8 cm³/mol. The van der Waals surface area contributed by atoms with E-state index in [-0.39, 0.29) is 30.8 Å². The fraction of sp³-hybridized carbons (Fsp3) is 0.857. The summed E-state index contributed by atoms with van der Waals surface area (Å²) < 4.78 is 10.9. The molecule has 0 aromatic heterocycles. The van der Waals surface area contributed by atoms with Crippen LogP contribution in [0.1, 0.15) is 26.2 Å². The van der Waals surface area contributed by atoms with Crippen molar-refractivity contribution >= 4 is 0 Å². The second-order valence-corrected chi connectivity index (χ2v) is 5.22. The second kappa shape index (κ2) is 7.97. The van der Waals surface area contributed by atoms with E-state index in [2.05, 4.69) is 6.58 Å². The predicted octanol–water partition coefficient (Wildman–Crippen LogP) is 0.475. The van der Waals surface area contributed by atoms with Crippen molar-refractivity contribution in [3.05, 3.63) is 12.7 Å². The molecule has 0 aromatic rings. The lowest BCUT2D eigenvalue weighted by Gasteiger charge is -2.27. The summed E-state index contributed by atoms with van der Waals surface area (Å²) >= 11 is 0. The summed E-state index contributed by atoms with van der Waals surface area (Å²) in [5.74, 6) is 0.0558. The zero-order chi connectivity index (χ0) is 14.4. The molecule has 19 heavy (non-hydrogen) atoms. The van der Waals surface area contributed by atoms with Crippen LogP contribution in [0.3, 0.4) is 0 Å². The summed E-state index contributed by atoms with van der Waals surface area (Å²) in [4.78, 5) is 0. The van der Waals surface area contributed by atoms with Crippen LogP contribution in [0, 0.1) is 5.92 Å². The lowest BCUT2D eigenvalue weighted by molar-refractivity contribution is -0.0846. The van der Waals surface area contributed by atoms with Gasteiger partial charge in [-0.05, 0) is 12.8 Å². The molecule has 5 nitrogen and oxygen atoms in total. The van der Waals surface area contributed by atoms with E-state index >= 15 is 0 Å². The van der Waals surface area contributed by atoms with Crippen LogP contribution in [0.4, 0.5) is 0 Å². The number of aliphatic hydroxyl groups is 3. The molecule has 0 aliphatic carbocycles. The molecular formula is C14H26O5. The van der Waals surface area contributed by atoms with E-state index in [0.29, 0.717) is 12.8 Å². The lowest BCUT2D eigenvalue weighted by atomic mass is 9.95. The summed E-state index contributed by atoms with van der Waals surface area (Å²) in [6.07, 6.45) is 1.49. The first-order chi connectivity index (χ1) is 9.03. The average Bonchev–Trinajstić information content (AvgIpc) is 2.86. The number of aliphatic hydroxyl groups excluding tert-OH is 3. The molecule has 1 heterocycles. The van der Waals surface area contributed by atoms with E-state index in [1.54, 1.807) is 13.2 Å². The third kappa shape index (κ3) is 4.54. The summed E-state index contributed by atoms with van der Waals surface area (Å²) in [7, 11) is 1.57. The van der Waals surface area contributed by atoms with E-state index in [9.17, 15) is 10.2 Å². The largest absolute Gasteiger partial charge is 0.394 e. The molecule has 4 unspecified atom stereocenters. The Morgan fingerprint density at radius 2 is 2.11 bits per heavy atom. The molecule has 0 bridgehead atoms. The first-order valence-electron chi connectivity index (χ1n) is 6.81. The minimum Gasteiger partial charge on any atom is -0.394 e. The molecule has 6 atom stereocenters. The Morgan fingerprint density at radius 1 is 1.42 bits per heavy atom. The van der Waals surface area contributed by atoms with Gasteiger partial charge in [-0.2, -0.15) is 0 Å². The van der Waals surface area contributed by atoms with E-state index in [0.717, 1.165) is 6.42 Å².